The van der Waals surface area contributed by atoms with E-state index >= 15 is 0 Å². The average Bonchev–Trinajstić information content (AvgIpc) is 3.09. The highest BCUT2D eigenvalue weighted by Gasteiger charge is 2.54. The number of carbonyl (C=O) groups is 1. The zero-order valence-corrected chi connectivity index (χ0v) is 13.7. The van der Waals surface area contributed by atoms with Gasteiger partial charge in [-0.1, -0.05) is 6.42 Å². The Bertz CT molecular complexity index is 382. The molecule has 0 radical (unpaired) electrons. The first-order valence-electron chi connectivity index (χ1n) is 8.63. The normalized spacial score (nSPS) is 32.2. The fraction of sp³-hybridized carbons (Fsp3) is 0.941. The Balaban J connectivity index is 1.73. The number of hydrogen-bond donors (Lipinski definition) is 1. The summed E-state index contributed by atoms with van der Waals surface area (Å²) in [7, 11) is 1.53. The number of fused-ring (bicyclic) bond motifs is 1. The zero-order valence-electron chi connectivity index (χ0n) is 13.7. The van der Waals surface area contributed by atoms with Crippen LogP contribution in [-0.2, 0) is 9.53 Å². The number of carbonyl (C=O) groups excluding carboxylic acids is 1. The molecule has 3 unspecified atom stereocenters. The van der Waals surface area contributed by atoms with E-state index < -0.39 is 5.54 Å². The smallest absolute Gasteiger partial charge is 0.327 e. The molecule has 4 heteroatoms. The third-order valence-electron chi connectivity index (χ3n) is 5.65. The molecule has 3 aliphatic rings. The summed E-state index contributed by atoms with van der Waals surface area (Å²) < 4.78 is 5.19. The summed E-state index contributed by atoms with van der Waals surface area (Å²) in [4.78, 5) is 15.1. The van der Waals surface area contributed by atoms with Crippen LogP contribution in [0.3, 0.4) is 0 Å². The number of likely N-dealkylation sites (tertiary alicyclic amines) is 1. The highest BCUT2D eigenvalue weighted by molar-refractivity contribution is 5.82. The van der Waals surface area contributed by atoms with Crippen LogP contribution in [0.5, 0.6) is 0 Å². The molecule has 120 valence electrons. The standard InChI is InChI=1S/C17H30N2O2/c1-12(2)18-17(15-7-8-15,16(20)21-3)11-19-9-13-5-4-6-14(13)10-19/h12-15,18H,4-11H2,1-3H3. The first-order chi connectivity index (χ1) is 10.0. The van der Waals surface area contributed by atoms with Crippen LogP contribution in [0.25, 0.3) is 0 Å². The van der Waals surface area contributed by atoms with E-state index in [9.17, 15) is 4.79 Å². The molecule has 0 aromatic rings. The van der Waals surface area contributed by atoms with E-state index in [-0.39, 0.29) is 5.97 Å². The van der Waals surface area contributed by atoms with Crippen molar-refractivity contribution in [3.05, 3.63) is 0 Å². The van der Waals surface area contributed by atoms with Crippen LogP contribution in [0.15, 0.2) is 0 Å². The molecule has 1 aliphatic heterocycles. The van der Waals surface area contributed by atoms with E-state index in [1.165, 1.54) is 39.5 Å². The lowest BCUT2D eigenvalue weighted by atomic mass is 9.91. The van der Waals surface area contributed by atoms with Crippen molar-refractivity contribution in [2.75, 3.05) is 26.7 Å². The highest BCUT2D eigenvalue weighted by atomic mass is 16.5. The molecule has 0 aromatic carbocycles. The number of esters is 1. The lowest BCUT2D eigenvalue weighted by molar-refractivity contribution is -0.151. The van der Waals surface area contributed by atoms with Crippen molar-refractivity contribution in [1.82, 2.24) is 10.2 Å². The van der Waals surface area contributed by atoms with Crippen LogP contribution >= 0.6 is 0 Å². The molecule has 3 rings (SSSR count). The Kier molecular flexibility index (Phi) is 4.28. The first-order valence-corrected chi connectivity index (χ1v) is 8.63. The van der Waals surface area contributed by atoms with Gasteiger partial charge in [-0.05, 0) is 57.3 Å². The van der Waals surface area contributed by atoms with E-state index in [1.54, 1.807) is 0 Å². The van der Waals surface area contributed by atoms with Crippen molar-refractivity contribution in [2.45, 2.75) is 57.5 Å². The van der Waals surface area contributed by atoms with E-state index in [4.69, 9.17) is 4.74 Å². The predicted molar refractivity (Wildman–Crippen MR) is 83.0 cm³/mol. The fourth-order valence-corrected chi connectivity index (χ4v) is 4.67. The van der Waals surface area contributed by atoms with Crippen LogP contribution in [0.2, 0.25) is 0 Å². The lowest BCUT2D eigenvalue weighted by Gasteiger charge is -2.37. The molecule has 0 spiro atoms. The van der Waals surface area contributed by atoms with Crippen molar-refractivity contribution in [3.63, 3.8) is 0 Å². The molecule has 3 fully saturated rings. The molecule has 21 heavy (non-hydrogen) atoms. The summed E-state index contributed by atoms with van der Waals surface area (Å²) >= 11 is 0. The predicted octanol–water partition coefficient (Wildman–Crippen LogP) is 2.04. The largest absolute Gasteiger partial charge is 0.468 e. The second-order valence-corrected chi connectivity index (χ2v) is 7.68. The maximum atomic E-state index is 12.6. The SMILES string of the molecule is COC(=O)C(CN1CC2CCCC2C1)(NC(C)C)C1CC1. The summed E-state index contributed by atoms with van der Waals surface area (Å²) in [5, 5.41) is 3.58. The van der Waals surface area contributed by atoms with Gasteiger partial charge in [0, 0.05) is 25.7 Å². The number of nitrogens with one attached hydrogen (secondary N) is 1. The van der Waals surface area contributed by atoms with Gasteiger partial charge in [-0.15, -0.1) is 0 Å². The van der Waals surface area contributed by atoms with Crippen molar-refractivity contribution >= 4 is 5.97 Å². The molecule has 4 nitrogen and oxygen atoms in total. The Hall–Kier alpha value is -0.610. The molecule has 1 N–H and O–H groups in total. The average molecular weight is 294 g/mol. The maximum absolute atomic E-state index is 12.6. The van der Waals surface area contributed by atoms with Gasteiger partial charge < -0.3 is 9.64 Å². The van der Waals surface area contributed by atoms with Crippen LogP contribution in [0.4, 0.5) is 0 Å². The van der Waals surface area contributed by atoms with Crippen molar-refractivity contribution in [3.8, 4) is 0 Å². The number of nitrogens with zero attached hydrogens (tertiary/aromatic N) is 1. The van der Waals surface area contributed by atoms with E-state index in [2.05, 4.69) is 24.1 Å². The van der Waals surface area contributed by atoms with Crippen LogP contribution in [-0.4, -0.2) is 49.2 Å². The monoisotopic (exact) mass is 294 g/mol. The van der Waals surface area contributed by atoms with Crippen molar-refractivity contribution < 1.29 is 9.53 Å². The molecule has 1 saturated heterocycles. The maximum Gasteiger partial charge on any atom is 0.327 e. The molecule has 0 aromatic heterocycles. The summed E-state index contributed by atoms with van der Waals surface area (Å²) in [6.07, 6.45) is 6.46. The van der Waals surface area contributed by atoms with Crippen molar-refractivity contribution in [2.24, 2.45) is 17.8 Å². The summed E-state index contributed by atoms with van der Waals surface area (Å²) in [5.41, 5.74) is -0.485. The quantitative estimate of drug-likeness (QED) is 0.761. The topological polar surface area (TPSA) is 41.6 Å². The molecule has 2 aliphatic carbocycles. The van der Waals surface area contributed by atoms with Gasteiger partial charge in [0.2, 0.25) is 0 Å². The van der Waals surface area contributed by atoms with Gasteiger partial charge in [0.15, 0.2) is 0 Å². The van der Waals surface area contributed by atoms with Gasteiger partial charge in [-0.25, -0.2) is 4.79 Å². The van der Waals surface area contributed by atoms with Gasteiger partial charge in [0.25, 0.3) is 0 Å². The minimum atomic E-state index is -0.485. The first kappa shape index (κ1) is 15.3. The minimum Gasteiger partial charge on any atom is -0.468 e. The van der Waals surface area contributed by atoms with Gasteiger partial charge in [-0.2, -0.15) is 0 Å². The molecular formula is C17H30N2O2. The Labute approximate surface area is 128 Å². The second-order valence-electron chi connectivity index (χ2n) is 7.68. The summed E-state index contributed by atoms with van der Waals surface area (Å²) in [5.74, 6) is 2.14. The summed E-state index contributed by atoms with van der Waals surface area (Å²) in [6.45, 7) is 7.43. The van der Waals surface area contributed by atoms with E-state index in [0.717, 1.165) is 31.2 Å². The van der Waals surface area contributed by atoms with Gasteiger partial charge >= 0.3 is 5.97 Å². The fourth-order valence-electron chi connectivity index (χ4n) is 4.67. The van der Waals surface area contributed by atoms with E-state index in [0.29, 0.717) is 12.0 Å². The van der Waals surface area contributed by atoms with Crippen LogP contribution in [0, 0.1) is 17.8 Å². The number of methoxy groups -OCH3 is 1. The minimum absolute atomic E-state index is 0.0595. The lowest BCUT2D eigenvalue weighted by Crippen LogP contribution is -2.62. The van der Waals surface area contributed by atoms with Crippen LogP contribution < -0.4 is 5.32 Å². The molecule has 2 saturated carbocycles. The summed E-state index contributed by atoms with van der Waals surface area (Å²) in [6, 6.07) is 0.298. The highest BCUT2D eigenvalue weighted by Crippen LogP contribution is 2.44. The zero-order chi connectivity index (χ0) is 15.0. The third-order valence-corrected chi connectivity index (χ3v) is 5.65. The number of rotatable bonds is 6. The molecular weight excluding hydrogens is 264 g/mol. The Morgan fingerprint density at radius 1 is 1.24 bits per heavy atom. The van der Waals surface area contributed by atoms with E-state index in [1.807, 2.05) is 0 Å². The Morgan fingerprint density at radius 2 is 1.86 bits per heavy atom. The van der Waals surface area contributed by atoms with Crippen molar-refractivity contribution in [1.29, 1.82) is 0 Å². The van der Waals surface area contributed by atoms with Gasteiger partial charge in [0.05, 0.1) is 7.11 Å². The Morgan fingerprint density at radius 3 is 2.33 bits per heavy atom. The van der Waals surface area contributed by atoms with Gasteiger partial charge in [-0.3, -0.25) is 5.32 Å². The van der Waals surface area contributed by atoms with Crippen LogP contribution in [0.1, 0.15) is 46.0 Å². The van der Waals surface area contributed by atoms with Gasteiger partial charge in [0.1, 0.15) is 5.54 Å². The number of hydrogen-bond acceptors (Lipinski definition) is 4. The molecule has 1 heterocycles. The number of ether oxygens (including phenoxy) is 1. The molecule has 0 bridgehead atoms. The second kappa shape index (κ2) is 5.88. The molecule has 0 amide bonds. The molecule has 3 atom stereocenters. The third kappa shape index (κ3) is 2.98.